The molecule has 0 radical (unpaired) electrons. The van der Waals surface area contributed by atoms with Gasteiger partial charge in [0.2, 0.25) is 0 Å². The summed E-state index contributed by atoms with van der Waals surface area (Å²) < 4.78 is 9.98. The molecule has 1 saturated heterocycles. The Hall–Kier alpha value is -2.84. The molecule has 0 saturated carbocycles. The quantitative estimate of drug-likeness (QED) is 0.496. The van der Waals surface area contributed by atoms with Gasteiger partial charge in [-0.05, 0) is 33.3 Å². The molecule has 1 heterocycles. The van der Waals surface area contributed by atoms with Crippen LogP contribution in [0.1, 0.15) is 37.6 Å². The fraction of sp³-hybridized carbons (Fsp3) is 0.529. The van der Waals surface area contributed by atoms with Crippen molar-refractivity contribution < 1.29 is 24.0 Å². The highest BCUT2D eigenvalue weighted by molar-refractivity contribution is 5.96. The number of methoxy groups -OCH3 is 1. The molecule has 1 aromatic carbocycles. The van der Waals surface area contributed by atoms with Crippen LogP contribution >= 0.6 is 0 Å². The van der Waals surface area contributed by atoms with Crippen LogP contribution in [-0.2, 0) is 9.47 Å². The molecule has 0 aliphatic carbocycles. The first-order valence-corrected chi connectivity index (χ1v) is 8.22. The summed E-state index contributed by atoms with van der Waals surface area (Å²) >= 11 is 0. The summed E-state index contributed by atoms with van der Waals surface area (Å²) in [5, 5.41) is 13.8. The first-order chi connectivity index (χ1) is 12.1. The molecule has 1 atom stereocenters. The summed E-state index contributed by atoms with van der Waals surface area (Å²) in [4.78, 5) is 36.2. The van der Waals surface area contributed by atoms with Gasteiger partial charge in [-0.25, -0.2) is 9.59 Å². The first kappa shape index (κ1) is 19.5. The van der Waals surface area contributed by atoms with Crippen LogP contribution in [0.2, 0.25) is 0 Å². The maximum atomic E-state index is 12.0. The third kappa shape index (κ3) is 4.84. The summed E-state index contributed by atoms with van der Waals surface area (Å²) in [6, 6.07) is 3.93. The van der Waals surface area contributed by atoms with E-state index in [9.17, 15) is 19.7 Å². The van der Waals surface area contributed by atoms with Crippen molar-refractivity contribution in [2.24, 2.45) is 0 Å². The lowest BCUT2D eigenvalue weighted by molar-refractivity contribution is -0.384. The predicted octanol–water partition coefficient (Wildman–Crippen LogP) is 2.48. The highest BCUT2D eigenvalue weighted by atomic mass is 16.6. The van der Waals surface area contributed by atoms with Crippen molar-refractivity contribution >= 4 is 23.4 Å². The molecule has 142 valence electrons. The van der Waals surface area contributed by atoms with E-state index in [1.54, 1.807) is 20.8 Å². The Morgan fingerprint density at radius 1 is 1.35 bits per heavy atom. The van der Waals surface area contributed by atoms with Crippen molar-refractivity contribution in [3.8, 4) is 0 Å². The number of carbonyl (C=O) groups is 2. The number of nitrogens with one attached hydrogen (secondary N) is 1. The average Bonchev–Trinajstić information content (AvgIpc) is 2.99. The molecular weight excluding hydrogens is 342 g/mol. The monoisotopic (exact) mass is 365 g/mol. The molecule has 0 spiro atoms. The number of hydrogen-bond donors (Lipinski definition) is 1. The van der Waals surface area contributed by atoms with Gasteiger partial charge in [0.1, 0.15) is 5.60 Å². The minimum Gasteiger partial charge on any atom is -0.465 e. The average molecular weight is 365 g/mol. The van der Waals surface area contributed by atoms with Gasteiger partial charge in [-0.1, -0.05) is 0 Å². The third-order valence-electron chi connectivity index (χ3n) is 3.85. The van der Waals surface area contributed by atoms with Gasteiger partial charge in [0, 0.05) is 25.2 Å². The number of benzene rings is 1. The predicted molar refractivity (Wildman–Crippen MR) is 94.4 cm³/mol. The molecule has 1 aromatic rings. The highest BCUT2D eigenvalue weighted by Crippen LogP contribution is 2.29. The molecule has 1 N–H and O–H groups in total. The maximum absolute atomic E-state index is 12.0. The second-order valence-electron chi connectivity index (χ2n) is 7.03. The van der Waals surface area contributed by atoms with Crippen LogP contribution in [0.3, 0.4) is 0 Å². The summed E-state index contributed by atoms with van der Waals surface area (Å²) in [5.74, 6) is -0.646. The number of amides is 1. The lowest BCUT2D eigenvalue weighted by Gasteiger charge is -2.23. The molecule has 9 nitrogen and oxygen atoms in total. The van der Waals surface area contributed by atoms with Crippen molar-refractivity contribution in [2.45, 2.75) is 38.8 Å². The number of anilines is 1. The fourth-order valence-electron chi connectivity index (χ4n) is 2.76. The normalized spacial score (nSPS) is 16.9. The van der Waals surface area contributed by atoms with Gasteiger partial charge < -0.3 is 19.7 Å². The number of nitrogens with zero attached hydrogens (tertiary/aromatic N) is 2. The SMILES string of the molecule is COC(=O)c1cc([N+](=O)[O-])ccc1N1CC[C@H](NC(=O)OC(C)(C)C)C1. The van der Waals surface area contributed by atoms with Crippen LogP contribution in [0.5, 0.6) is 0 Å². The van der Waals surface area contributed by atoms with E-state index in [1.165, 1.54) is 25.3 Å². The third-order valence-corrected chi connectivity index (χ3v) is 3.85. The summed E-state index contributed by atoms with van der Waals surface area (Å²) in [7, 11) is 1.22. The Morgan fingerprint density at radius 3 is 2.62 bits per heavy atom. The van der Waals surface area contributed by atoms with E-state index in [1.807, 2.05) is 4.90 Å². The highest BCUT2D eigenvalue weighted by Gasteiger charge is 2.29. The summed E-state index contributed by atoms with van der Waals surface area (Å²) in [6.45, 7) is 6.40. The number of ether oxygens (including phenoxy) is 2. The van der Waals surface area contributed by atoms with Crippen molar-refractivity contribution in [3.63, 3.8) is 0 Å². The van der Waals surface area contributed by atoms with Gasteiger partial charge in [-0.2, -0.15) is 0 Å². The Morgan fingerprint density at radius 2 is 2.04 bits per heavy atom. The number of nitro benzene ring substituents is 1. The van der Waals surface area contributed by atoms with E-state index < -0.39 is 22.6 Å². The van der Waals surface area contributed by atoms with Crippen LogP contribution in [-0.4, -0.2) is 48.8 Å². The minimum atomic E-state index is -0.646. The molecule has 9 heteroatoms. The standard InChI is InChI=1S/C17H23N3O6/c1-17(2,3)26-16(22)18-11-7-8-19(10-11)14-6-5-12(20(23)24)9-13(14)15(21)25-4/h5-6,9,11H,7-8,10H2,1-4H3,(H,18,22)/t11-/m0/s1. The zero-order valence-corrected chi connectivity index (χ0v) is 15.3. The van der Waals surface area contributed by atoms with Crippen LogP contribution in [0, 0.1) is 10.1 Å². The van der Waals surface area contributed by atoms with Crippen LogP contribution in [0.4, 0.5) is 16.2 Å². The van der Waals surface area contributed by atoms with E-state index in [0.29, 0.717) is 25.2 Å². The Labute approximate surface area is 151 Å². The largest absolute Gasteiger partial charge is 0.465 e. The smallest absolute Gasteiger partial charge is 0.407 e. The van der Waals surface area contributed by atoms with Gasteiger partial charge in [-0.3, -0.25) is 10.1 Å². The van der Waals surface area contributed by atoms with E-state index in [4.69, 9.17) is 9.47 Å². The van der Waals surface area contributed by atoms with Gasteiger partial charge in [-0.15, -0.1) is 0 Å². The number of esters is 1. The molecule has 2 rings (SSSR count). The van der Waals surface area contributed by atoms with Gasteiger partial charge in [0.25, 0.3) is 5.69 Å². The van der Waals surface area contributed by atoms with Crippen molar-refractivity contribution in [2.75, 3.05) is 25.1 Å². The van der Waals surface area contributed by atoms with Crippen LogP contribution in [0.15, 0.2) is 18.2 Å². The number of non-ortho nitro benzene ring substituents is 1. The number of hydrogen-bond acceptors (Lipinski definition) is 7. The zero-order chi connectivity index (χ0) is 19.5. The van der Waals surface area contributed by atoms with Crippen molar-refractivity contribution in [3.05, 3.63) is 33.9 Å². The van der Waals surface area contributed by atoms with E-state index in [2.05, 4.69) is 5.32 Å². The topological polar surface area (TPSA) is 111 Å². The molecule has 1 fully saturated rings. The van der Waals surface area contributed by atoms with Gasteiger partial charge in [0.05, 0.1) is 29.3 Å². The minimum absolute atomic E-state index is 0.125. The Bertz CT molecular complexity index is 713. The van der Waals surface area contributed by atoms with E-state index in [0.717, 1.165) is 0 Å². The second kappa shape index (κ2) is 7.59. The maximum Gasteiger partial charge on any atom is 0.407 e. The summed E-state index contributed by atoms with van der Waals surface area (Å²) in [6.07, 6.45) is 0.165. The number of alkyl carbamates (subject to hydrolysis) is 1. The Kier molecular flexibility index (Phi) is 5.69. The Balaban J connectivity index is 2.13. The molecule has 0 unspecified atom stereocenters. The first-order valence-electron chi connectivity index (χ1n) is 8.22. The fourth-order valence-corrected chi connectivity index (χ4v) is 2.76. The molecule has 1 aliphatic heterocycles. The lowest BCUT2D eigenvalue weighted by atomic mass is 10.1. The van der Waals surface area contributed by atoms with E-state index in [-0.39, 0.29) is 17.3 Å². The molecule has 0 bridgehead atoms. The van der Waals surface area contributed by atoms with Crippen molar-refractivity contribution in [1.82, 2.24) is 5.32 Å². The number of nitro groups is 1. The molecule has 26 heavy (non-hydrogen) atoms. The number of rotatable bonds is 4. The van der Waals surface area contributed by atoms with Crippen LogP contribution in [0.25, 0.3) is 0 Å². The zero-order valence-electron chi connectivity index (χ0n) is 15.3. The molecule has 1 aliphatic rings. The van der Waals surface area contributed by atoms with Crippen molar-refractivity contribution in [1.29, 1.82) is 0 Å². The molecule has 1 amide bonds. The second-order valence-corrected chi connectivity index (χ2v) is 7.03. The van der Waals surface area contributed by atoms with Gasteiger partial charge in [0.15, 0.2) is 0 Å². The number of carbonyl (C=O) groups excluding carboxylic acids is 2. The summed E-state index contributed by atoms with van der Waals surface area (Å²) in [5.41, 5.74) is -0.106. The van der Waals surface area contributed by atoms with Gasteiger partial charge >= 0.3 is 12.1 Å². The lowest BCUT2D eigenvalue weighted by Crippen LogP contribution is -2.40. The van der Waals surface area contributed by atoms with E-state index >= 15 is 0 Å². The van der Waals surface area contributed by atoms with Crippen LogP contribution < -0.4 is 10.2 Å². The molecule has 0 aromatic heterocycles. The molecular formula is C17H23N3O6.